The molecular formula is C14H23N3O2S. The van der Waals surface area contributed by atoms with Crippen molar-refractivity contribution < 1.29 is 8.42 Å². The van der Waals surface area contributed by atoms with E-state index in [2.05, 4.69) is 22.2 Å². The van der Waals surface area contributed by atoms with Gasteiger partial charge in [-0.25, -0.2) is 4.72 Å². The third-order valence-electron chi connectivity index (χ3n) is 3.76. The fraction of sp³-hybridized carbons (Fsp3) is 0.571. The van der Waals surface area contributed by atoms with Gasteiger partial charge in [0.15, 0.2) is 0 Å². The van der Waals surface area contributed by atoms with Crippen LogP contribution in [0.15, 0.2) is 24.3 Å². The quantitative estimate of drug-likeness (QED) is 0.806. The lowest BCUT2D eigenvalue weighted by atomic mass is 9.98. The molecule has 0 saturated heterocycles. The van der Waals surface area contributed by atoms with Crippen LogP contribution >= 0.6 is 0 Å². The van der Waals surface area contributed by atoms with E-state index in [4.69, 9.17) is 0 Å². The molecule has 5 nitrogen and oxygen atoms in total. The number of anilines is 1. The summed E-state index contributed by atoms with van der Waals surface area (Å²) in [5.74, 6) is 0.380. The third kappa shape index (κ3) is 3.31. The van der Waals surface area contributed by atoms with Crippen LogP contribution in [-0.4, -0.2) is 38.9 Å². The maximum Gasteiger partial charge on any atom is 0.279 e. The first-order valence-corrected chi connectivity index (χ1v) is 8.60. The van der Waals surface area contributed by atoms with Crippen molar-refractivity contribution in [1.29, 1.82) is 0 Å². The first kappa shape index (κ1) is 15.3. The van der Waals surface area contributed by atoms with Crippen LogP contribution < -0.4 is 10.0 Å². The molecule has 1 aliphatic heterocycles. The minimum absolute atomic E-state index is 0.380. The molecule has 0 fully saturated rings. The van der Waals surface area contributed by atoms with Crippen LogP contribution in [0, 0.1) is 0 Å². The Kier molecular flexibility index (Phi) is 5.01. The summed E-state index contributed by atoms with van der Waals surface area (Å²) < 4.78 is 28.2. The SMILES string of the molecule is CCN(CC)S(=O)(=O)NCCC1CNc2ccccc21. The Labute approximate surface area is 121 Å². The number of benzene rings is 1. The molecule has 1 unspecified atom stereocenters. The number of fused-ring (bicyclic) bond motifs is 1. The molecule has 1 aromatic rings. The van der Waals surface area contributed by atoms with Crippen molar-refractivity contribution in [2.45, 2.75) is 26.2 Å². The molecule has 20 heavy (non-hydrogen) atoms. The highest BCUT2D eigenvalue weighted by atomic mass is 32.2. The van der Waals surface area contributed by atoms with E-state index in [9.17, 15) is 8.42 Å². The lowest BCUT2D eigenvalue weighted by molar-refractivity contribution is 0.433. The van der Waals surface area contributed by atoms with E-state index >= 15 is 0 Å². The van der Waals surface area contributed by atoms with Crippen molar-refractivity contribution in [3.8, 4) is 0 Å². The molecule has 2 rings (SSSR count). The zero-order chi connectivity index (χ0) is 14.6. The molecule has 0 radical (unpaired) electrons. The average molecular weight is 297 g/mol. The standard InChI is InChI=1S/C14H23N3O2S/c1-3-17(4-2)20(18,19)16-10-9-12-11-15-14-8-6-5-7-13(12)14/h5-8,12,15-16H,3-4,9-11H2,1-2H3. The Hall–Kier alpha value is -1.11. The van der Waals surface area contributed by atoms with Gasteiger partial charge in [-0.3, -0.25) is 0 Å². The van der Waals surface area contributed by atoms with Gasteiger partial charge in [-0.2, -0.15) is 12.7 Å². The van der Waals surface area contributed by atoms with Gasteiger partial charge in [0, 0.05) is 37.8 Å². The normalized spacial score (nSPS) is 18.1. The second-order valence-electron chi connectivity index (χ2n) is 4.94. The monoisotopic (exact) mass is 297 g/mol. The zero-order valence-corrected chi connectivity index (χ0v) is 12.9. The van der Waals surface area contributed by atoms with Crippen molar-refractivity contribution in [2.75, 3.05) is 31.5 Å². The van der Waals surface area contributed by atoms with Crippen molar-refractivity contribution in [1.82, 2.24) is 9.03 Å². The second kappa shape index (κ2) is 6.56. The topological polar surface area (TPSA) is 61.4 Å². The Bertz CT molecular complexity index is 541. The summed E-state index contributed by atoms with van der Waals surface area (Å²) >= 11 is 0. The molecule has 0 saturated carbocycles. The smallest absolute Gasteiger partial charge is 0.279 e. The van der Waals surface area contributed by atoms with E-state index in [0.29, 0.717) is 25.6 Å². The molecule has 1 aliphatic rings. The van der Waals surface area contributed by atoms with Gasteiger partial charge in [-0.15, -0.1) is 0 Å². The first-order valence-electron chi connectivity index (χ1n) is 7.16. The van der Waals surface area contributed by atoms with Gasteiger partial charge >= 0.3 is 0 Å². The largest absolute Gasteiger partial charge is 0.384 e. The van der Waals surface area contributed by atoms with Crippen molar-refractivity contribution in [3.05, 3.63) is 29.8 Å². The number of nitrogens with one attached hydrogen (secondary N) is 2. The molecule has 0 amide bonds. The van der Waals surface area contributed by atoms with Gasteiger partial charge in [0.05, 0.1) is 0 Å². The molecule has 6 heteroatoms. The highest BCUT2D eigenvalue weighted by molar-refractivity contribution is 7.87. The van der Waals surface area contributed by atoms with Crippen LogP contribution in [0.3, 0.4) is 0 Å². The summed E-state index contributed by atoms with van der Waals surface area (Å²) in [5.41, 5.74) is 2.46. The average Bonchev–Trinajstić information content (AvgIpc) is 2.83. The van der Waals surface area contributed by atoms with E-state index in [1.54, 1.807) is 0 Å². The van der Waals surface area contributed by atoms with Gasteiger partial charge < -0.3 is 5.32 Å². The molecule has 1 heterocycles. The summed E-state index contributed by atoms with van der Waals surface area (Å²) in [6.07, 6.45) is 0.810. The van der Waals surface area contributed by atoms with Gasteiger partial charge in [0.25, 0.3) is 10.2 Å². The van der Waals surface area contributed by atoms with Gasteiger partial charge in [-0.05, 0) is 18.1 Å². The minimum atomic E-state index is -3.33. The molecule has 2 N–H and O–H groups in total. The van der Waals surface area contributed by atoms with Crippen LogP contribution in [0.2, 0.25) is 0 Å². The summed E-state index contributed by atoms with van der Waals surface area (Å²) in [7, 11) is -3.33. The van der Waals surface area contributed by atoms with E-state index in [1.807, 2.05) is 26.0 Å². The van der Waals surface area contributed by atoms with Crippen LogP contribution in [-0.2, 0) is 10.2 Å². The molecule has 0 aromatic heterocycles. The van der Waals surface area contributed by atoms with Crippen LogP contribution in [0.4, 0.5) is 5.69 Å². The number of rotatable bonds is 7. The molecule has 0 bridgehead atoms. The number of hydrogen-bond acceptors (Lipinski definition) is 3. The van der Waals surface area contributed by atoms with Crippen LogP contribution in [0.1, 0.15) is 31.7 Å². The fourth-order valence-corrected chi connectivity index (χ4v) is 3.87. The number of hydrogen-bond donors (Lipinski definition) is 2. The van der Waals surface area contributed by atoms with E-state index in [0.717, 1.165) is 13.0 Å². The van der Waals surface area contributed by atoms with Crippen molar-refractivity contribution in [3.63, 3.8) is 0 Å². The van der Waals surface area contributed by atoms with Gasteiger partial charge in [0.1, 0.15) is 0 Å². The molecule has 1 aromatic carbocycles. The van der Waals surface area contributed by atoms with E-state index in [1.165, 1.54) is 15.6 Å². The van der Waals surface area contributed by atoms with E-state index < -0.39 is 10.2 Å². The summed E-state index contributed by atoms with van der Waals surface area (Å²) in [5, 5.41) is 3.36. The predicted octanol–water partition coefficient (Wildman–Crippen LogP) is 1.76. The van der Waals surface area contributed by atoms with Gasteiger partial charge in [-0.1, -0.05) is 32.0 Å². The highest BCUT2D eigenvalue weighted by Gasteiger charge is 2.23. The Morgan fingerprint density at radius 1 is 1.30 bits per heavy atom. The molecular weight excluding hydrogens is 274 g/mol. The number of para-hydroxylation sites is 1. The van der Waals surface area contributed by atoms with Crippen molar-refractivity contribution >= 4 is 15.9 Å². The summed E-state index contributed by atoms with van der Waals surface area (Å²) in [6.45, 7) is 6.05. The third-order valence-corrected chi connectivity index (χ3v) is 5.53. The Morgan fingerprint density at radius 2 is 2.00 bits per heavy atom. The zero-order valence-electron chi connectivity index (χ0n) is 12.1. The molecule has 0 aliphatic carbocycles. The lowest BCUT2D eigenvalue weighted by Crippen LogP contribution is -2.41. The maximum atomic E-state index is 12.0. The highest BCUT2D eigenvalue weighted by Crippen LogP contribution is 2.32. The molecule has 1 atom stereocenters. The maximum absolute atomic E-state index is 12.0. The Morgan fingerprint density at radius 3 is 2.70 bits per heavy atom. The lowest BCUT2D eigenvalue weighted by Gasteiger charge is -2.19. The fourth-order valence-electron chi connectivity index (χ4n) is 2.63. The Balaban J connectivity index is 1.89. The second-order valence-corrected chi connectivity index (χ2v) is 6.69. The van der Waals surface area contributed by atoms with Crippen molar-refractivity contribution in [2.24, 2.45) is 0 Å². The van der Waals surface area contributed by atoms with Crippen LogP contribution in [0.25, 0.3) is 0 Å². The van der Waals surface area contributed by atoms with Gasteiger partial charge in [0.2, 0.25) is 0 Å². The molecule has 0 spiro atoms. The summed E-state index contributed by atoms with van der Waals surface area (Å²) in [4.78, 5) is 0. The first-order chi connectivity index (χ1) is 9.58. The summed E-state index contributed by atoms with van der Waals surface area (Å²) in [6, 6.07) is 8.21. The number of nitrogens with zero attached hydrogens (tertiary/aromatic N) is 1. The molecule has 112 valence electrons. The van der Waals surface area contributed by atoms with E-state index in [-0.39, 0.29) is 0 Å². The minimum Gasteiger partial charge on any atom is -0.384 e. The predicted molar refractivity (Wildman–Crippen MR) is 82.1 cm³/mol. The van der Waals surface area contributed by atoms with Crippen LogP contribution in [0.5, 0.6) is 0 Å².